The van der Waals surface area contributed by atoms with Crippen molar-refractivity contribution >= 4 is 0 Å². The number of nitrogens with zero attached hydrogens (tertiary/aromatic N) is 2. The van der Waals surface area contributed by atoms with Crippen LogP contribution in [-0.2, 0) is 0 Å². The summed E-state index contributed by atoms with van der Waals surface area (Å²) in [6.45, 7) is 4.56. The highest BCUT2D eigenvalue weighted by Gasteiger charge is 2.26. The summed E-state index contributed by atoms with van der Waals surface area (Å²) < 4.78 is 0. The first kappa shape index (κ1) is 16.7. The lowest BCUT2D eigenvalue weighted by Crippen LogP contribution is -2.37. The van der Waals surface area contributed by atoms with Crippen molar-refractivity contribution in [1.82, 2.24) is 4.90 Å². The monoisotopic (exact) mass is 318 g/mol. The molecule has 3 unspecified atom stereocenters. The summed E-state index contributed by atoms with van der Waals surface area (Å²) in [6, 6.07) is 24.0. The van der Waals surface area contributed by atoms with E-state index >= 15 is 0 Å². The first-order chi connectivity index (χ1) is 11.8. The van der Waals surface area contributed by atoms with Gasteiger partial charge in [-0.05, 0) is 49.8 Å². The molecule has 3 rings (SSSR count). The Labute approximate surface area is 145 Å². The van der Waals surface area contributed by atoms with Gasteiger partial charge in [-0.3, -0.25) is 4.90 Å². The lowest BCUT2D eigenvalue weighted by Gasteiger charge is -2.37. The number of likely N-dealkylation sites (tertiary alicyclic amines) is 1. The summed E-state index contributed by atoms with van der Waals surface area (Å²) >= 11 is 0. The van der Waals surface area contributed by atoms with E-state index < -0.39 is 0 Å². The second-order valence-electron chi connectivity index (χ2n) is 6.92. The third-order valence-electron chi connectivity index (χ3n) is 5.31. The van der Waals surface area contributed by atoms with E-state index in [9.17, 15) is 5.26 Å². The van der Waals surface area contributed by atoms with E-state index in [1.807, 2.05) is 18.2 Å². The number of rotatable bonds is 5. The summed E-state index contributed by atoms with van der Waals surface area (Å²) in [4.78, 5) is 2.59. The molecule has 24 heavy (non-hydrogen) atoms. The highest BCUT2D eigenvalue weighted by molar-refractivity contribution is 5.24. The fourth-order valence-electron chi connectivity index (χ4n) is 3.87. The Hall–Kier alpha value is -2.11. The predicted molar refractivity (Wildman–Crippen MR) is 98.6 cm³/mol. The second kappa shape index (κ2) is 8.13. The molecule has 0 bridgehead atoms. The molecule has 0 saturated carbocycles. The Morgan fingerprint density at radius 1 is 1.04 bits per heavy atom. The third kappa shape index (κ3) is 4.04. The van der Waals surface area contributed by atoms with Gasteiger partial charge in [0.15, 0.2) is 0 Å². The minimum atomic E-state index is 0.0168. The Kier molecular flexibility index (Phi) is 5.67. The van der Waals surface area contributed by atoms with Crippen molar-refractivity contribution in [2.75, 3.05) is 13.1 Å². The molecule has 1 heterocycles. The van der Waals surface area contributed by atoms with Gasteiger partial charge in [0.25, 0.3) is 0 Å². The van der Waals surface area contributed by atoms with Crippen LogP contribution in [0.4, 0.5) is 0 Å². The van der Waals surface area contributed by atoms with E-state index in [1.165, 1.54) is 18.4 Å². The van der Waals surface area contributed by atoms with Crippen LogP contribution in [-0.4, -0.2) is 18.0 Å². The first-order valence-electron chi connectivity index (χ1n) is 9.01. The van der Waals surface area contributed by atoms with Crippen LogP contribution in [0, 0.1) is 17.2 Å². The number of nitriles is 1. The van der Waals surface area contributed by atoms with Gasteiger partial charge in [0.2, 0.25) is 0 Å². The van der Waals surface area contributed by atoms with E-state index in [0.717, 1.165) is 25.1 Å². The molecule has 0 amide bonds. The molecule has 2 aromatic carbocycles. The molecule has 2 aromatic rings. The van der Waals surface area contributed by atoms with E-state index in [1.54, 1.807) is 0 Å². The van der Waals surface area contributed by atoms with Crippen molar-refractivity contribution in [2.24, 2.45) is 5.92 Å². The van der Waals surface area contributed by atoms with Gasteiger partial charge in [-0.15, -0.1) is 0 Å². The van der Waals surface area contributed by atoms with Crippen LogP contribution in [0.15, 0.2) is 60.7 Å². The van der Waals surface area contributed by atoms with Gasteiger partial charge in [0.05, 0.1) is 12.0 Å². The maximum Gasteiger partial charge on any atom is 0.0715 e. The Morgan fingerprint density at radius 3 is 2.29 bits per heavy atom. The van der Waals surface area contributed by atoms with Crippen molar-refractivity contribution in [3.8, 4) is 6.07 Å². The van der Waals surface area contributed by atoms with Crippen LogP contribution in [0.25, 0.3) is 0 Å². The van der Waals surface area contributed by atoms with Gasteiger partial charge < -0.3 is 0 Å². The Bertz CT molecular complexity index is 659. The molecule has 0 aliphatic carbocycles. The Morgan fingerprint density at radius 2 is 1.67 bits per heavy atom. The molecule has 1 aliphatic rings. The topological polar surface area (TPSA) is 27.0 Å². The van der Waals surface area contributed by atoms with E-state index in [4.69, 9.17) is 0 Å². The van der Waals surface area contributed by atoms with Crippen LogP contribution >= 0.6 is 0 Å². The summed E-state index contributed by atoms with van der Waals surface area (Å²) in [6.07, 6.45) is 3.44. The van der Waals surface area contributed by atoms with E-state index in [-0.39, 0.29) is 5.92 Å². The van der Waals surface area contributed by atoms with Gasteiger partial charge in [-0.2, -0.15) is 5.26 Å². The van der Waals surface area contributed by atoms with Gasteiger partial charge in [0.1, 0.15) is 0 Å². The van der Waals surface area contributed by atoms with Crippen molar-refractivity contribution < 1.29 is 0 Å². The molecule has 1 saturated heterocycles. The van der Waals surface area contributed by atoms with Crippen LogP contribution in [0.2, 0.25) is 0 Å². The smallest absolute Gasteiger partial charge is 0.0715 e. The lowest BCUT2D eigenvalue weighted by atomic mass is 9.85. The molecule has 0 N–H and O–H groups in total. The van der Waals surface area contributed by atoms with Crippen LogP contribution < -0.4 is 0 Å². The number of piperidine rings is 1. The quantitative estimate of drug-likeness (QED) is 0.761. The van der Waals surface area contributed by atoms with Gasteiger partial charge >= 0.3 is 0 Å². The van der Waals surface area contributed by atoms with Crippen LogP contribution in [0.5, 0.6) is 0 Å². The number of hydrogen-bond donors (Lipinski definition) is 0. The predicted octanol–water partition coefficient (Wildman–Crippen LogP) is 5.16. The van der Waals surface area contributed by atoms with Crippen molar-refractivity contribution in [2.45, 2.75) is 38.1 Å². The average Bonchev–Trinajstić information content (AvgIpc) is 2.67. The zero-order valence-corrected chi connectivity index (χ0v) is 14.4. The molecule has 1 fully saturated rings. The molecule has 0 aromatic heterocycles. The zero-order valence-electron chi connectivity index (χ0n) is 14.4. The maximum absolute atomic E-state index is 9.60. The lowest BCUT2D eigenvalue weighted by molar-refractivity contribution is 0.126. The van der Waals surface area contributed by atoms with Crippen LogP contribution in [0.1, 0.15) is 49.3 Å². The molecule has 0 radical (unpaired) electrons. The van der Waals surface area contributed by atoms with Crippen molar-refractivity contribution in [3.63, 3.8) is 0 Å². The first-order valence-corrected chi connectivity index (χ1v) is 9.01. The van der Waals surface area contributed by atoms with E-state index in [2.05, 4.69) is 60.4 Å². The molecule has 124 valence electrons. The highest BCUT2D eigenvalue weighted by Crippen LogP contribution is 2.32. The zero-order chi connectivity index (χ0) is 16.8. The molecule has 3 atom stereocenters. The summed E-state index contributed by atoms with van der Waals surface area (Å²) in [5.74, 6) is 0.623. The van der Waals surface area contributed by atoms with Crippen molar-refractivity contribution in [3.05, 3.63) is 71.8 Å². The fourth-order valence-corrected chi connectivity index (χ4v) is 3.87. The maximum atomic E-state index is 9.60. The number of hydrogen-bond acceptors (Lipinski definition) is 2. The summed E-state index contributed by atoms with van der Waals surface area (Å²) in [5, 5.41) is 9.60. The minimum absolute atomic E-state index is 0.0168. The molecule has 1 aliphatic heterocycles. The molecular weight excluding hydrogens is 292 g/mol. The average molecular weight is 318 g/mol. The normalized spacial score (nSPS) is 20.9. The SMILES string of the molecule is CC(c1ccccc1)N1CCCC(CC(C#N)c2ccccc2)C1. The molecule has 0 spiro atoms. The molecule has 2 heteroatoms. The van der Waals surface area contributed by atoms with Crippen LogP contribution in [0.3, 0.4) is 0 Å². The van der Waals surface area contributed by atoms with E-state index in [0.29, 0.717) is 12.0 Å². The largest absolute Gasteiger partial charge is 0.296 e. The Balaban J connectivity index is 1.64. The molecule has 2 nitrogen and oxygen atoms in total. The number of benzene rings is 2. The van der Waals surface area contributed by atoms with Gasteiger partial charge in [-0.1, -0.05) is 60.7 Å². The van der Waals surface area contributed by atoms with Gasteiger partial charge in [-0.25, -0.2) is 0 Å². The summed E-state index contributed by atoms with van der Waals surface area (Å²) in [5.41, 5.74) is 2.55. The van der Waals surface area contributed by atoms with Crippen molar-refractivity contribution in [1.29, 1.82) is 5.26 Å². The standard InChI is InChI=1S/C22H26N2/c1-18(20-10-4-2-5-11-20)24-14-8-9-19(17-24)15-22(16-23)21-12-6-3-7-13-21/h2-7,10-13,18-19,22H,8-9,14-15,17H2,1H3. The minimum Gasteiger partial charge on any atom is -0.296 e. The second-order valence-corrected chi connectivity index (χ2v) is 6.92. The fraction of sp³-hybridized carbons (Fsp3) is 0.409. The third-order valence-corrected chi connectivity index (χ3v) is 5.31. The highest BCUT2D eigenvalue weighted by atomic mass is 15.2. The molecular formula is C22H26N2. The van der Waals surface area contributed by atoms with Gasteiger partial charge in [0, 0.05) is 12.6 Å². The summed E-state index contributed by atoms with van der Waals surface area (Å²) in [7, 11) is 0.